The first-order chi connectivity index (χ1) is 15.2. The molecule has 172 valence electrons. The van der Waals surface area contributed by atoms with Crippen LogP contribution in [0.3, 0.4) is 0 Å². The highest BCUT2D eigenvalue weighted by Crippen LogP contribution is 2.37. The van der Waals surface area contributed by atoms with Crippen LogP contribution in [0.15, 0.2) is 36.8 Å². The van der Waals surface area contributed by atoms with E-state index < -0.39 is 18.1 Å². The molecule has 6 nitrogen and oxygen atoms in total. The maximum atomic E-state index is 13.9. The molecule has 3 atom stereocenters. The Morgan fingerprint density at radius 1 is 1.22 bits per heavy atom. The van der Waals surface area contributed by atoms with Crippen LogP contribution < -0.4 is 16.2 Å². The smallest absolute Gasteiger partial charge is 0.166 e. The second-order valence-electron chi connectivity index (χ2n) is 7.46. The van der Waals surface area contributed by atoms with Crippen molar-refractivity contribution in [2.75, 3.05) is 12.3 Å². The van der Waals surface area contributed by atoms with Crippen molar-refractivity contribution in [3.63, 3.8) is 0 Å². The number of nitrogens with zero attached hydrogens (tertiary/aromatic N) is 3. The van der Waals surface area contributed by atoms with Crippen LogP contribution in [0.4, 0.5) is 14.6 Å². The molecule has 2 aromatic heterocycles. The SMILES string of the molecule is CCC(CC(F)CN)n1cc(-c2cnc(N)c(O[C@H](C)c3c(Cl)ccc(F)c3Cl)c2)cn1. The van der Waals surface area contributed by atoms with Crippen molar-refractivity contribution in [3.05, 3.63) is 58.2 Å². The predicted molar refractivity (Wildman–Crippen MR) is 123 cm³/mol. The molecular formula is C22H25Cl2F2N5O. The number of alkyl halides is 1. The summed E-state index contributed by atoms with van der Waals surface area (Å²) in [5.41, 5.74) is 13.2. The van der Waals surface area contributed by atoms with Crippen molar-refractivity contribution < 1.29 is 13.5 Å². The van der Waals surface area contributed by atoms with E-state index in [-0.39, 0.29) is 40.6 Å². The Labute approximate surface area is 195 Å². The summed E-state index contributed by atoms with van der Waals surface area (Å²) in [4.78, 5) is 4.20. The lowest BCUT2D eigenvalue weighted by Gasteiger charge is -2.19. The fourth-order valence-electron chi connectivity index (χ4n) is 3.41. The fourth-order valence-corrected chi connectivity index (χ4v) is 4.09. The number of halogens is 4. The van der Waals surface area contributed by atoms with Crippen LogP contribution in [-0.4, -0.2) is 27.5 Å². The summed E-state index contributed by atoms with van der Waals surface area (Å²) in [6.07, 6.45) is 4.30. The Morgan fingerprint density at radius 2 is 1.97 bits per heavy atom. The predicted octanol–water partition coefficient (Wildman–Crippen LogP) is 5.75. The Bertz CT molecular complexity index is 1080. The zero-order valence-corrected chi connectivity index (χ0v) is 19.2. The van der Waals surface area contributed by atoms with Crippen LogP contribution in [0, 0.1) is 5.82 Å². The zero-order valence-electron chi connectivity index (χ0n) is 17.7. The lowest BCUT2D eigenvalue weighted by molar-refractivity contribution is 0.227. The zero-order chi connectivity index (χ0) is 23.4. The molecule has 0 aliphatic rings. The molecule has 2 unspecified atom stereocenters. The molecule has 0 aliphatic heterocycles. The quantitative estimate of drug-likeness (QED) is 0.378. The summed E-state index contributed by atoms with van der Waals surface area (Å²) in [5.74, 6) is -0.145. The van der Waals surface area contributed by atoms with Gasteiger partial charge in [-0.2, -0.15) is 5.10 Å². The van der Waals surface area contributed by atoms with Crippen LogP contribution >= 0.6 is 23.2 Å². The monoisotopic (exact) mass is 483 g/mol. The van der Waals surface area contributed by atoms with Crippen LogP contribution in [0.1, 0.15) is 44.4 Å². The molecule has 4 N–H and O–H groups in total. The van der Waals surface area contributed by atoms with Crippen LogP contribution in [-0.2, 0) is 0 Å². The van der Waals surface area contributed by atoms with Crippen LogP contribution in [0.2, 0.25) is 10.0 Å². The van der Waals surface area contributed by atoms with Crippen molar-refractivity contribution in [2.45, 2.75) is 45.0 Å². The number of nitrogens with two attached hydrogens (primary N) is 2. The molecule has 0 amide bonds. The largest absolute Gasteiger partial charge is 0.482 e. The van der Waals surface area contributed by atoms with Gasteiger partial charge in [0, 0.05) is 47.1 Å². The van der Waals surface area contributed by atoms with Gasteiger partial charge in [0.15, 0.2) is 11.6 Å². The van der Waals surface area contributed by atoms with Gasteiger partial charge in [0.2, 0.25) is 0 Å². The lowest BCUT2D eigenvalue weighted by atomic mass is 10.1. The summed E-state index contributed by atoms with van der Waals surface area (Å²) in [5, 5.41) is 4.55. The average molecular weight is 484 g/mol. The van der Waals surface area contributed by atoms with Gasteiger partial charge in [-0.3, -0.25) is 4.68 Å². The molecule has 32 heavy (non-hydrogen) atoms. The average Bonchev–Trinajstić information content (AvgIpc) is 3.26. The van der Waals surface area contributed by atoms with E-state index in [4.69, 9.17) is 39.4 Å². The molecule has 10 heteroatoms. The summed E-state index contributed by atoms with van der Waals surface area (Å²) < 4.78 is 35.3. The second kappa shape index (κ2) is 10.5. The molecule has 0 saturated heterocycles. The highest BCUT2D eigenvalue weighted by Gasteiger charge is 2.21. The lowest BCUT2D eigenvalue weighted by Crippen LogP contribution is -2.21. The summed E-state index contributed by atoms with van der Waals surface area (Å²) in [6.45, 7) is 3.63. The van der Waals surface area contributed by atoms with Crippen molar-refractivity contribution in [3.8, 4) is 16.9 Å². The molecule has 0 spiro atoms. The number of rotatable bonds is 9. The Morgan fingerprint density at radius 3 is 2.66 bits per heavy atom. The van der Waals surface area contributed by atoms with Crippen LogP contribution in [0.5, 0.6) is 5.75 Å². The Kier molecular flexibility index (Phi) is 7.92. The maximum Gasteiger partial charge on any atom is 0.166 e. The topological polar surface area (TPSA) is 92.0 Å². The van der Waals surface area contributed by atoms with E-state index in [0.29, 0.717) is 17.5 Å². The molecule has 0 aliphatic carbocycles. The summed E-state index contributed by atoms with van der Waals surface area (Å²) >= 11 is 12.3. The van der Waals surface area contributed by atoms with Gasteiger partial charge >= 0.3 is 0 Å². The number of benzene rings is 1. The summed E-state index contributed by atoms with van der Waals surface area (Å²) in [7, 11) is 0. The van der Waals surface area contributed by atoms with E-state index in [1.807, 2.05) is 13.1 Å². The Balaban J connectivity index is 1.85. The van der Waals surface area contributed by atoms with E-state index >= 15 is 0 Å². The van der Waals surface area contributed by atoms with Crippen molar-refractivity contribution in [1.29, 1.82) is 0 Å². The molecule has 2 heterocycles. The van der Waals surface area contributed by atoms with Crippen molar-refractivity contribution >= 4 is 29.0 Å². The minimum atomic E-state index is -1.09. The number of anilines is 1. The third-order valence-corrected chi connectivity index (χ3v) is 5.95. The molecule has 0 fully saturated rings. The minimum Gasteiger partial charge on any atom is -0.482 e. The van der Waals surface area contributed by atoms with Gasteiger partial charge in [0.25, 0.3) is 0 Å². The molecular weight excluding hydrogens is 459 g/mol. The maximum absolute atomic E-state index is 13.9. The van der Waals surface area contributed by atoms with Crippen LogP contribution in [0.25, 0.3) is 11.1 Å². The van der Waals surface area contributed by atoms with Crippen molar-refractivity contribution in [1.82, 2.24) is 14.8 Å². The Hall–Kier alpha value is -2.42. The molecule has 0 radical (unpaired) electrons. The highest BCUT2D eigenvalue weighted by atomic mass is 35.5. The fraction of sp³-hybridized carbons (Fsp3) is 0.364. The van der Waals surface area contributed by atoms with E-state index in [1.54, 1.807) is 30.1 Å². The third-order valence-electron chi connectivity index (χ3n) is 5.24. The van der Waals surface area contributed by atoms with Gasteiger partial charge < -0.3 is 16.2 Å². The number of pyridine rings is 1. The van der Waals surface area contributed by atoms with Gasteiger partial charge in [-0.1, -0.05) is 30.1 Å². The first-order valence-corrected chi connectivity index (χ1v) is 10.9. The number of ether oxygens (including phenoxy) is 1. The third kappa shape index (κ3) is 5.31. The first-order valence-electron chi connectivity index (χ1n) is 10.2. The van der Waals surface area contributed by atoms with Crippen molar-refractivity contribution in [2.24, 2.45) is 5.73 Å². The normalized spacial score (nSPS) is 14.2. The van der Waals surface area contributed by atoms with E-state index in [2.05, 4.69) is 10.1 Å². The molecule has 3 aromatic rings. The van der Waals surface area contributed by atoms with E-state index in [1.165, 1.54) is 12.1 Å². The van der Waals surface area contributed by atoms with Gasteiger partial charge in [0.05, 0.1) is 17.3 Å². The number of hydrogen-bond donors (Lipinski definition) is 2. The highest BCUT2D eigenvalue weighted by molar-refractivity contribution is 6.36. The minimum absolute atomic E-state index is 0.0231. The standard InChI is InChI=1S/C22H25Cl2F2N5O/c1-3-16(7-15(25)8-27)31-11-14(10-30-31)13-6-19(22(28)29-9-13)32-12(2)20-17(23)4-5-18(26)21(20)24/h4-6,9-12,15-16H,3,7-8,27H2,1-2H3,(H2,28,29)/t12-,15?,16?/m1/s1. The second-order valence-corrected chi connectivity index (χ2v) is 8.25. The molecule has 0 saturated carbocycles. The number of hydrogen-bond acceptors (Lipinski definition) is 5. The van der Waals surface area contributed by atoms with E-state index in [0.717, 1.165) is 5.56 Å². The van der Waals surface area contributed by atoms with Gasteiger partial charge in [0.1, 0.15) is 18.1 Å². The van der Waals surface area contributed by atoms with Gasteiger partial charge in [-0.15, -0.1) is 0 Å². The molecule has 0 bridgehead atoms. The summed E-state index contributed by atoms with van der Waals surface area (Å²) in [6, 6.07) is 4.20. The molecule has 1 aromatic carbocycles. The number of aromatic nitrogens is 3. The molecule has 3 rings (SSSR count). The number of nitrogen functional groups attached to an aromatic ring is 1. The first kappa shape index (κ1) is 24.2. The van der Waals surface area contributed by atoms with Gasteiger partial charge in [-0.05, 0) is 31.5 Å². The van der Waals surface area contributed by atoms with Gasteiger partial charge in [-0.25, -0.2) is 13.8 Å². The van der Waals surface area contributed by atoms with E-state index in [9.17, 15) is 8.78 Å².